The van der Waals surface area contributed by atoms with Crippen LogP contribution in [-0.2, 0) is 10.2 Å². The van der Waals surface area contributed by atoms with E-state index in [1.54, 1.807) is 34.0 Å². The molecule has 0 atom stereocenters. The van der Waals surface area contributed by atoms with Gasteiger partial charge in [-0.3, -0.25) is 0 Å². The summed E-state index contributed by atoms with van der Waals surface area (Å²) in [4.78, 5) is 6.29. The predicted octanol–water partition coefficient (Wildman–Crippen LogP) is 1.58. The van der Waals surface area contributed by atoms with Gasteiger partial charge in [0.15, 0.2) is 0 Å². The first-order valence-corrected chi connectivity index (χ1v) is 10.3. The molecule has 1 saturated carbocycles. The second-order valence-corrected chi connectivity index (χ2v) is 8.68. The molecule has 1 aromatic heterocycles. The van der Waals surface area contributed by atoms with E-state index in [1.807, 2.05) is 4.90 Å². The standard InChI is InChI=1S/C17H25N5O2S/c1-20(16-7-3-2-4-8-16)25(23,24)22-12-10-21(11-13-22)17-15(14-18)6-5-9-19-17/h5-6,9,16H,2-4,7-8,10-13H2,1H3. The number of pyridine rings is 1. The lowest BCUT2D eigenvalue weighted by Gasteiger charge is -2.39. The molecule has 1 saturated heterocycles. The SMILES string of the molecule is CN(C1CCCCC1)S(=O)(=O)N1CCN(c2ncccc2C#N)CC1. The van der Waals surface area contributed by atoms with Gasteiger partial charge in [0.2, 0.25) is 0 Å². The van der Waals surface area contributed by atoms with E-state index in [9.17, 15) is 13.7 Å². The molecule has 0 amide bonds. The van der Waals surface area contributed by atoms with Crippen molar-refractivity contribution in [3.8, 4) is 6.07 Å². The van der Waals surface area contributed by atoms with Crippen LogP contribution in [0.2, 0.25) is 0 Å². The average molecular weight is 363 g/mol. The van der Waals surface area contributed by atoms with Gasteiger partial charge < -0.3 is 4.90 Å². The number of aromatic nitrogens is 1. The molecule has 0 spiro atoms. The Labute approximate surface area is 150 Å². The molecule has 0 N–H and O–H groups in total. The van der Waals surface area contributed by atoms with Gasteiger partial charge in [0, 0.05) is 45.5 Å². The fourth-order valence-electron chi connectivity index (χ4n) is 3.68. The number of nitriles is 1. The maximum absolute atomic E-state index is 12.9. The molecule has 2 aliphatic rings. The smallest absolute Gasteiger partial charge is 0.282 e. The quantitative estimate of drug-likeness (QED) is 0.811. The lowest BCUT2D eigenvalue weighted by Crippen LogP contribution is -2.54. The summed E-state index contributed by atoms with van der Waals surface area (Å²) in [6.45, 7) is 1.93. The van der Waals surface area contributed by atoms with Gasteiger partial charge in [-0.1, -0.05) is 19.3 Å². The Morgan fingerprint density at radius 2 is 1.88 bits per heavy atom. The van der Waals surface area contributed by atoms with Crippen molar-refractivity contribution in [1.82, 2.24) is 13.6 Å². The number of anilines is 1. The summed E-state index contributed by atoms with van der Waals surface area (Å²) in [5, 5.41) is 9.22. The largest absolute Gasteiger partial charge is 0.353 e. The van der Waals surface area contributed by atoms with Crippen molar-refractivity contribution < 1.29 is 8.42 Å². The van der Waals surface area contributed by atoms with E-state index < -0.39 is 10.2 Å². The monoisotopic (exact) mass is 363 g/mol. The Balaban J connectivity index is 1.66. The molecule has 1 aromatic rings. The van der Waals surface area contributed by atoms with Crippen molar-refractivity contribution in [3.05, 3.63) is 23.9 Å². The molecule has 2 heterocycles. The van der Waals surface area contributed by atoms with Crippen LogP contribution in [0.5, 0.6) is 0 Å². The molecule has 2 fully saturated rings. The lowest BCUT2D eigenvalue weighted by molar-refractivity contribution is 0.259. The topological polar surface area (TPSA) is 80.5 Å². The minimum atomic E-state index is -3.43. The van der Waals surface area contributed by atoms with Crippen LogP contribution in [0, 0.1) is 11.3 Å². The van der Waals surface area contributed by atoms with Crippen LogP contribution in [0.1, 0.15) is 37.7 Å². The predicted molar refractivity (Wildman–Crippen MR) is 96.3 cm³/mol. The van der Waals surface area contributed by atoms with Gasteiger partial charge in [0.05, 0.1) is 5.56 Å². The molecule has 8 heteroatoms. The highest BCUT2D eigenvalue weighted by atomic mass is 32.2. The molecular weight excluding hydrogens is 338 g/mol. The molecule has 25 heavy (non-hydrogen) atoms. The Morgan fingerprint density at radius 3 is 2.52 bits per heavy atom. The minimum absolute atomic E-state index is 0.123. The van der Waals surface area contributed by atoms with Crippen LogP contribution in [0.4, 0.5) is 5.82 Å². The van der Waals surface area contributed by atoms with Crippen LogP contribution < -0.4 is 4.90 Å². The molecule has 1 aliphatic carbocycles. The Kier molecular flexibility index (Phi) is 5.57. The maximum Gasteiger partial charge on any atom is 0.282 e. The van der Waals surface area contributed by atoms with Gasteiger partial charge in [0.1, 0.15) is 11.9 Å². The molecule has 0 unspecified atom stereocenters. The molecule has 0 bridgehead atoms. The summed E-state index contributed by atoms with van der Waals surface area (Å²) in [5.41, 5.74) is 0.526. The van der Waals surface area contributed by atoms with E-state index in [2.05, 4.69) is 11.1 Å². The molecule has 0 aromatic carbocycles. The molecule has 1 aliphatic heterocycles. The summed E-state index contributed by atoms with van der Waals surface area (Å²) in [5.74, 6) is 0.641. The minimum Gasteiger partial charge on any atom is -0.353 e. The fourth-order valence-corrected chi connectivity index (χ4v) is 5.26. The normalized spacial score (nSPS) is 20.6. The molecule has 7 nitrogen and oxygen atoms in total. The van der Waals surface area contributed by atoms with Crippen molar-refractivity contribution in [3.63, 3.8) is 0 Å². The van der Waals surface area contributed by atoms with Gasteiger partial charge in [0.25, 0.3) is 10.2 Å². The number of rotatable bonds is 4. The van der Waals surface area contributed by atoms with Crippen LogP contribution >= 0.6 is 0 Å². The Morgan fingerprint density at radius 1 is 1.20 bits per heavy atom. The van der Waals surface area contributed by atoms with Crippen molar-refractivity contribution in [2.75, 3.05) is 38.1 Å². The first kappa shape index (κ1) is 18.1. The summed E-state index contributed by atoms with van der Waals surface area (Å²) in [7, 11) is -1.72. The van der Waals surface area contributed by atoms with Crippen LogP contribution in [0.25, 0.3) is 0 Å². The van der Waals surface area contributed by atoms with E-state index in [4.69, 9.17) is 0 Å². The lowest BCUT2D eigenvalue weighted by atomic mass is 9.96. The number of piperazine rings is 1. The van der Waals surface area contributed by atoms with Crippen molar-refractivity contribution in [2.45, 2.75) is 38.1 Å². The third-order valence-corrected chi connectivity index (χ3v) is 7.27. The van der Waals surface area contributed by atoms with E-state index in [-0.39, 0.29) is 6.04 Å². The number of hydrogen-bond donors (Lipinski definition) is 0. The molecule has 0 radical (unpaired) electrons. The van der Waals surface area contributed by atoms with Gasteiger partial charge in [-0.05, 0) is 25.0 Å². The van der Waals surface area contributed by atoms with Crippen LogP contribution in [0.3, 0.4) is 0 Å². The van der Waals surface area contributed by atoms with Crippen LogP contribution in [0.15, 0.2) is 18.3 Å². The van der Waals surface area contributed by atoms with Crippen molar-refractivity contribution >= 4 is 16.0 Å². The highest BCUT2D eigenvalue weighted by Gasteiger charge is 2.35. The van der Waals surface area contributed by atoms with Gasteiger partial charge in [-0.2, -0.15) is 22.3 Å². The summed E-state index contributed by atoms with van der Waals surface area (Å²) in [6.07, 6.45) is 6.98. The van der Waals surface area contributed by atoms with Crippen LogP contribution in [-0.4, -0.2) is 61.3 Å². The fraction of sp³-hybridized carbons (Fsp3) is 0.647. The molecule has 136 valence electrons. The maximum atomic E-state index is 12.9. The number of hydrogen-bond acceptors (Lipinski definition) is 5. The summed E-state index contributed by atoms with van der Waals surface area (Å²) in [6, 6.07) is 5.75. The highest BCUT2D eigenvalue weighted by molar-refractivity contribution is 7.86. The third kappa shape index (κ3) is 3.78. The van der Waals surface area contributed by atoms with E-state index in [1.165, 1.54) is 6.42 Å². The summed E-state index contributed by atoms with van der Waals surface area (Å²) >= 11 is 0. The van der Waals surface area contributed by atoms with Gasteiger partial charge in [-0.25, -0.2) is 4.98 Å². The highest BCUT2D eigenvalue weighted by Crippen LogP contribution is 2.26. The van der Waals surface area contributed by atoms with Crippen molar-refractivity contribution in [2.24, 2.45) is 0 Å². The number of nitrogens with zero attached hydrogens (tertiary/aromatic N) is 5. The first-order chi connectivity index (χ1) is 12.0. The van der Waals surface area contributed by atoms with E-state index in [0.717, 1.165) is 25.7 Å². The van der Waals surface area contributed by atoms with E-state index >= 15 is 0 Å². The molecule has 3 rings (SSSR count). The molecular formula is C17H25N5O2S. The average Bonchev–Trinajstić information content (AvgIpc) is 2.68. The van der Waals surface area contributed by atoms with Gasteiger partial charge >= 0.3 is 0 Å². The Bertz CT molecular complexity index is 732. The van der Waals surface area contributed by atoms with E-state index in [0.29, 0.717) is 37.6 Å². The zero-order chi connectivity index (χ0) is 17.9. The second kappa shape index (κ2) is 7.68. The first-order valence-electron chi connectivity index (χ1n) is 8.87. The second-order valence-electron chi connectivity index (χ2n) is 6.69. The van der Waals surface area contributed by atoms with Crippen molar-refractivity contribution in [1.29, 1.82) is 5.26 Å². The van der Waals surface area contributed by atoms with Gasteiger partial charge in [-0.15, -0.1) is 0 Å². The Hall–Kier alpha value is -1.69. The third-order valence-electron chi connectivity index (χ3n) is 5.22. The zero-order valence-corrected chi connectivity index (χ0v) is 15.5. The zero-order valence-electron chi connectivity index (χ0n) is 14.6. The summed E-state index contributed by atoms with van der Waals surface area (Å²) < 4.78 is 29.0.